The van der Waals surface area contributed by atoms with Crippen molar-refractivity contribution in [2.24, 2.45) is 0 Å². The second-order valence-corrected chi connectivity index (χ2v) is 14.4. The fourth-order valence-electron chi connectivity index (χ4n) is 8.11. The van der Waals surface area contributed by atoms with Gasteiger partial charge in [0.05, 0.1) is 0 Å². The van der Waals surface area contributed by atoms with Crippen LogP contribution in [0.2, 0.25) is 0 Å². The molecule has 2 heterocycles. The van der Waals surface area contributed by atoms with Gasteiger partial charge < -0.3 is 4.42 Å². The Balaban J connectivity index is 1.10. The highest BCUT2D eigenvalue weighted by Gasteiger charge is 2.20. The van der Waals surface area contributed by atoms with Crippen molar-refractivity contribution >= 4 is 43.5 Å². The Labute approximate surface area is 329 Å². The van der Waals surface area contributed by atoms with E-state index < -0.39 is 0 Å². The maximum absolute atomic E-state index is 6.82. The molecule has 0 aliphatic carbocycles. The Hall–Kier alpha value is -7.69. The van der Waals surface area contributed by atoms with Gasteiger partial charge in [0, 0.05) is 33.0 Å². The van der Waals surface area contributed by atoms with Crippen molar-refractivity contribution in [1.82, 2.24) is 15.0 Å². The second kappa shape index (κ2) is 13.6. The predicted octanol–water partition coefficient (Wildman–Crippen LogP) is 14.1. The first-order valence-corrected chi connectivity index (χ1v) is 19.2. The third-order valence-electron chi connectivity index (χ3n) is 10.9. The zero-order valence-electron chi connectivity index (χ0n) is 30.8. The molecule has 0 saturated heterocycles. The molecule has 266 valence electrons. The van der Waals surface area contributed by atoms with E-state index in [9.17, 15) is 0 Å². The van der Waals surface area contributed by atoms with Crippen molar-refractivity contribution in [2.45, 2.75) is 0 Å². The third-order valence-corrected chi connectivity index (χ3v) is 10.9. The van der Waals surface area contributed by atoms with Crippen molar-refractivity contribution in [2.75, 3.05) is 0 Å². The summed E-state index contributed by atoms with van der Waals surface area (Å²) in [7, 11) is 0. The summed E-state index contributed by atoms with van der Waals surface area (Å²) in [5.74, 6) is 1.81. The maximum atomic E-state index is 6.82. The van der Waals surface area contributed by atoms with E-state index in [0.29, 0.717) is 17.5 Å². The molecule has 0 unspecified atom stereocenters. The number of hydrogen-bond acceptors (Lipinski definition) is 4. The molecular formula is C53H33N3O. The molecule has 0 atom stereocenters. The van der Waals surface area contributed by atoms with E-state index in [1.54, 1.807) is 0 Å². The number of benzene rings is 9. The lowest BCUT2D eigenvalue weighted by atomic mass is 9.92. The van der Waals surface area contributed by atoms with Gasteiger partial charge in [-0.25, -0.2) is 15.0 Å². The van der Waals surface area contributed by atoms with Crippen molar-refractivity contribution in [3.63, 3.8) is 0 Å². The molecule has 11 aromatic rings. The van der Waals surface area contributed by atoms with Gasteiger partial charge in [-0.15, -0.1) is 0 Å². The standard InChI is InChI=1S/C53H33N3O/c1-3-13-34(14-4-1)36-25-28-38(29-26-36)51-54-52(41-30-27-35-15-7-8-18-39(35)31-41)56-53(55-51)46-23-12-24-48-49(46)45-22-11-21-44(50(45)57-48)42-32-40-19-9-10-20-43(40)47(33-42)37-16-5-2-6-17-37/h1-33H. The molecule has 57 heavy (non-hydrogen) atoms. The van der Waals surface area contributed by atoms with Crippen LogP contribution >= 0.6 is 0 Å². The molecule has 11 rings (SSSR count). The fourth-order valence-corrected chi connectivity index (χ4v) is 8.11. The Morgan fingerprint density at radius 1 is 0.298 bits per heavy atom. The van der Waals surface area contributed by atoms with Gasteiger partial charge >= 0.3 is 0 Å². The molecule has 0 spiro atoms. The van der Waals surface area contributed by atoms with E-state index in [2.05, 4.69) is 182 Å². The number of aromatic nitrogens is 3. The van der Waals surface area contributed by atoms with E-state index in [4.69, 9.17) is 19.4 Å². The highest BCUT2D eigenvalue weighted by Crippen LogP contribution is 2.42. The molecule has 9 aromatic carbocycles. The van der Waals surface area contributed by atoms with Crippen molar-refractivity contribution in [3.05, 3.63) is 200 Å². The zero-order chi connectivity index (χ0) is 37.7. The minimum Gasteiger partial charge on any atom is -0.455 e. The second-order valence-electron chi connectivity index (χ2n) is 14.4. The summed E-state index contributed by atoms with van der Waals surface area (Å²) in [6.07, 6.45) is 0. The van der Waals surface area contributed by atoms with E-state index in [-0.39, 0.29) is 0 Å². The Morgan fingerprint density at radius 2 is 0.860 bits per heavy atom. The first-order valence-electron chi connectivity index (χ1n) is 19.2. The monoisotopic (exact) mass is 727 g/mol. The van der Waals surface area contributed by atoms with Crippen molar-refractivity contribution < 1.29 is 4.42 Å². The lowest BCUT2D eigenvalue weighted by molar-refractivity contribution is 0.670. The molecule has 0 bridgehead atoms. The molecule has 0 amide bonds. The molecule has 4 nitrogen and oxygen atoms in total. The van der Waals surface area contributed by atoms with E-state index in [0.717, 1.165) is 66.3 Å². The van der Waals surface area contributed by atoms with Crippen LogP contribution in [-0.2, 0) is 0 Å². The van der Waals surface area contributed by atoms with Gasteiger partial charge in [-0.3, -0.25) is 0 Å². The molecule has 0 fully saturated rings. The normalized spacial score (nSPS) is 11.5. The van der Waals surface area contributed by atoms with Crippen LogP contribution in [0.25, 0.3) is 111 Å². The topological polar surface area (TPSA) is 51.8 Å². The Bertz CT molecular complexity index is 3280. The lowest BCUT2D eigenvalue weighted by Crippen LogP contribution is -2.00. The van der Waals surface area contributed by atoms with Crippen LogP contribution in [0.15, 0.2) is 205 Å². The van der Waals surface area contributed by atoms with Gasteiger partial charge in [-0.1, -0.05) is 176 Å². The summed E-state index contributed by atoms with van der Waals surface area (Å²) >= 11 is 0. The number of fused-ring (bicyclic) bond motifs is 5. The molecular weight excluding hydrogens is 695 g/mol. The number of nitrogens with zero attached hydrogens (tertiary/aromatic N) is 3. The van der Waals surface area contributed by atoms with Crippen LogP contribution < -0.4 is 0 Å². The van der Waals surface area contributed by atoms with Crippen molar-refractivity contribution in [1.29, 1.82) is 0 Å². The number of furan rings is 1. The highest BCUT2D eigenvalue weighted by molar-refractivity contribution is 6.15. The van der Waals surface area contributed by atoms with Gasteiger partial charge in [0.15, 0.2) is 17.5 Å². The predicted molar refractivity (Wildman–Crippen MR) is 235 cm³/mol. The summed E-state index contributed by atoms with van der Waals surface area (Å²) in [6, 6.07) is 69.9. The van der Waals surface area contributed by atoms with Gasteiger partial charge in [-0.05, 0) is 73.6 Å². The first kappa shape index (κ1) is 32.7. The Morgan fingerprint density at radius 3 is 1.67 bits per heavy atom. The lowest BCUT2D eigenvalue weighted by Gasteiger charge is -2.12. The quantitative estimate of drug-likeness (QED) is 0.171. The summed E-state index contributed by atoms with van der Waals surface area (Å²) in [5, 5.41) is 6.67. The van der Waals surface area contributed by atoms with E-state index in [1.807, 2.05) is 18.2 Å². The minimum absolute atomic E-state index is 0.589. The van der Waals surface area contributed by atoms with Gasteiger partial charge in [-0.2, -0.15) is 0 Å². The summed E-state index contributed by atoms with van der Waals surface area (Å²) in [4.78, 5) is 15.5. The molecule has 0 saturated carbocycles. The molecule has 4 heteroatoms. The van der Waals surface area contributed by atoms with Crippen molar-refractivity contribution in [3.8, 4) is 67.5 Å². The number of rotatable bonds is 6. The minimum atomic E-state index is 0.589. The zero-order valence-corrected chi connectivity index (χ0v) is 30.8. The van der Waals surface area contributed by atoms with E-state index in [1.165, 1.54) is 27.3 Å². The smallest absolute Gasteiger partial charge is 0.164 e. The largest absolute Gasteiger partial charge is 0.455 e. The van der Waals surface area contributed by atoms with Crippen LogP contribution in [0, 0.1) is 0 Å². The molecule has 0 aliphatic heterocycles. The maximum Gasteiger partial charge on any atom is 0.164 e. The Kier molecular flexibility index (Phi) is 7.78. The number of hydrogen-bond donors (Lipinski definition) is 0. The SMILES string of the molecule is c1ccc(-c2ccc(-c3nc(-c4ccc5ccccc5c4)nc(-c4cccc5oc6c(-c7cc(-c8ccccc8)c8ccccc8c7)cccc6c45)n3)cc2)cc1. The average molecular weight is 728 g/mol. The van der Waals surface area contributed by atoms with Crippen LogP contribution in [-0.4, -0.2) is 15.0 Å². The van der Waals surface area contributed by atoms with Gasteiger partial charge in [0.2, 0.25) is 0 Å². The summed E-state index contributed by atoms with van der Waals surface area (Å²) in [6.45, 7) is 0. The molecule has 2 aromatic heterocycles. The highest BCUT2D eigenvalue weighted by atomic mass is 16.3. The summed E-state index contributed by atoms with van der Waals surface area (Å²) in [5.41, 5.74) is 11.1. The third kappa shape index (κ3) is 5.83. The van der Waals surface area contributed by atoms with Gasteiger partial charge in [0.1, 0.15) is 11.2 Å². The summed E-state index contributed by atoms with van der Waals surface area (Å²) < 4.78 is 6.82. The van der Waals surface area contributed by atoms with E-state index >= 15 is 0 Å². The molecule has 0 aliphatic rings. The van der Waals surface area contributed by atoms with Gasteiger partial charge in [0.25, 0.3) is 0 Å². The first-order chi connectivity index (χ1) is 28.2. The molecule has 0 N–H and O–H groups in total. The van der Waals surface area contributed by atoms with Crippen LogP contribution in [0.5, 0.6) is 0 Å². The fraction of sp³-hybridized carbons (Fsp3) is 0. The van der Waals surface area contributed by atoms with Crippen LogP contribution in [0.4, 0.5) is 0 Å². The average Bonchev–Trinajstić information content (AvgIpc) is 3.68. The van der Waals surface area contributed by atoms with Crippen LogP contribution in [0.1, 0.15) is 0 Å². The molecule has 0 radical (unpaired) electrons. The van der Waals surface area contributed by atoms with Crippen LogP contribution in [0.3, 0.4) is 0 Å². The number of para-hydroxylation sites is 1.